The van der Waals surface area contributed by atoms with Crippen LogP contribution in [-0.2, 0) is 14.2 Å². The van der Waals surface area contributed by atoms with Gasteiger partial charge in [0.15, 0.2) is 6.29 Å². The molecule has 0 aromatic heterocycles. The molecular weight excluding hydrogens is 352 g/mol. The van der Waals surface area contributed by atoms with E-state index in [0.29, 0.717) is 11.1 Å². The molecule has 0 spiro atoms. The maximum Gasteiger partial charge on any atom is 0.338 e. The van der Waals surface area contributed by atoms with Crippen LogP contribution in [0.3, 0.4) is 0 Å². The van der Waals surface area contributed by atoms with E-state index in [9.17, 15) is 19.8 Å². The van der Waals surface area contributed by atoms with E-state index in [1.807, 2.05) is 0 Å². The minimum Gasteiger partial charge on any atom is -0.462 e. The second-order valence-electron chi connectivity index (χ2n) is 6.15. The molecule has 7 nitrogen and oxygen atoms in total. The summed E-state index contributed by atoms with van der Waals surface area (Å²) in [4.78, 5) is 24.1. The van der Waals surface area contributed by atoms with Gasteiger partial charge in [-0.15, -0.1) is 0 Å². The van der Waals surface area contributed by atoms with E-state index in [4.69, 9.17) is 14.2 Å². The molecule has 1 unspecified atom stereocenters. The number of aliphatic hydroxyl groups excluding tert-OH is 2. The third-order valence-electron chi connectivity index (χ3n) is 4.33. The van der Waals surface area contributed by atoms with Gasteiger partial charge in [0.25, 0.3) is 0 Å². The molecule has 142 valence electrons. The summed E-state index contributed by atoms with van der Waals surface area (Å²) in [6.07, 6.45) is -3.49. The van der Waals surface area contributed by atoms with Gasteiger partial charge in [-0.1, -0.05) is 36.4 Å². The second-order valence-corrected chi connectivity index (χ2v) is 6.15. The smallest absolute Gasteiger partial charge is 0.338 e. The summed E-state index contributed by atoms with van der Waals surface area (Å²) in [5, 5.41) is 19.8. The number of carbonyl (C=O) groups excluding carboxylic acids is 2. The third-order valence-corrected chi connectivity index (χ3v) is 4.33. The van der Waals surface area contributed by atoms with Crippen LogP contribution >= 0.6 is 0 Å². The molecule has 3 rings (SSSR count). The van der Waals surface area contributed by atoms with Crippen LogP contribution in [0.2, 0.25) is 0 Å². The molecule has 2 aromatic carbocycles. The van der Waals surface area contributed by atoms with Gasteiger partial charge in [0.1, 0.15) is 18.8 Å². The molecule has 0 bridgehead atoms. The largest absolute Gasteiger partial charge is 0.462 e. The molecule has 1 heterocycles. The van der Waals surface area contributed by atoms with Crippen LogP contribution in [0.5, 0.6) is 0 Å². The van der Waals surface area contributed by atoms with Crippen molar-refractivity contribution in [3.05, 3.63) is 71.8 Å². The third kappa shape index (κ3) is 4.71. The fourth-order valence-corrected chi connectivity index (χ4v) is 2.81. The molecule has 2 N–H and O–H groups in total. The highest BCUT2D eigenvalue weighted by Crippen LogP contribution is 2.27. The average molecular weight is 372 g/mol. The summed E-state index contributed by atoms with van der Waals surface area (Å²) in [5.41, 5.74) is 0.752. The zero-order valence-corrected chi connectivity index (χ0v) is 14.4. The van der Waals surface area contributed by atoms with Crippen LogP contribution in [-0.4, -0.2) is 53.9 Å². The minimum atomic E-state index is -1.44. The fourth-order valence-electron chi connectivity index (χ4n) is 2.81. The van der Waals surface area contributed by atoms with E-state index >= 15 is 0 Å². The summed E-state index contributed by atoms with van der Waals surface area (Å²) in [6, 6.07) is 16.8. The van der Waals surface area contributed by atoms with Crippen molar-refractivity contribution in [3.63, 3.8) is 0 Å². The van der Waals surface area contributed by atoms with E-state index in [0.717, 1.165) is 0 Å². The molecule has 0 saturated carbocycles. The molecule has 4 atom stereocenters. The Hall–Kier alpha value is -2.74. The number of rotatable bonds is 6. The summed E-state index contributed by atoms with van der Waals surface area (Å²) in [6.45, 7) is -0.366. The van der Waals surface area contributed by atoms with Gasteiger partial charge in [0.2, 0.25) is 0 Å². The van der Waals surface area contributed by atoms with Gasteiger partial charge in [-0.05, 0) is 24.3 Å². The number of aliphatic hydroxyl groups is 2. The number of esters is 2. The predicted octanol–water partition coefficient (Wildman–Crippen LogP) is 1.39. The zero-order valence-electron chi connectivity index (χ0n) is 14.4. The Morgan fingerprint density at radius 2 is 1.30 bits per heavy atom. The fraction of sp³-hybridized carbons (Fsp3) is 0.300. The summed E-state index contributed by atoms with van der Waals surface area (Å²) < 4.78 is 15.7. The van der Waals surface area contributed by atoms with Crippen molar-refractivity contribution in [1.29, 1.82) is 0 Å². The Labute approximate surface area is 156 Å². The van der Waals surface area contributed by atoms with Crippen molar-refractivity contribution < 1.29 is 34.0 Å². The van der Waals surface area contributed by atoms with Crippen LogP contribution in [0.1, 0.15) is 20.7 Å². The molecule has 1 fully saturated rings. The Bertz CT molecular complexity index is 762. The SMILES string of the molecule is O=C(OC[C@@H]1[C@@H](COC(=O)c2ccccc2)OC(O)[C@@H]1O)c1ccccc1. The molecule has 1 aliphatic heterocycles. The van der Waals surface area contributed by atoms with Gasteiger partial charge < -0.3 is 24.4 Å². The van der Waals surface area contributed by atoms with Crippen molar-refractivity contribution in [2.75, 3.05) is 13.2 Å². The summed E-state index contributed by atoms with van der Waals surface area (Å²) in [7, 11) is 0. The number of benzene rings is 2. The Morgan fingerprint density at radius 1 is 0.815 bits per heavy atom. The molecule has 0 amide bonds. The van der Waals surface area contributed by atoms with Gasteiger partial charge in [-0.25, -0.2) is 9.59 Å². The first-order valence-corrected chi connectivity index (χ1v) is 8.52. The van der Waals surface area contributed by atoms with Crippen molar-refractivity contribution >= 4 is 11.9 Å². The Balaban J connectivity index is 1.57. The van der Waals surface area contributed by atoms with Gasteiger partial charge in [0, 0.05) is 0 Å². The van der Waals surface area contributed by atoms with E-state index in [1.54, 1.807) is 60.7 Å². The normalized spacial score (nSPS) is 24.4. The molecular formula is C20H20O7. The highest BCUT2D eigenvalue weighted by atomic mass is 16.6. The monoisotopic (exact) mass is 372 g/mol. The van der Waals surface area contributed by atoms with Gasteiger partial charge >= 0.3 is 11.9 Å². The molecule has 0 radical (unpaired) electrons. The second kappa shape index (κ2) is 8.77. The maximum atomic E-state index is 12.1. The zero-order chi connectivity index (χ0) is 19.2. The first-order chi connectivity index (χ1) is 13.1. The number of hydrogen-bond donors (Lipinski definition) is 2. The van der Waals surface area contributed by atoms with Crippen molar-refractivity contribution in [2.24, 2.45) is 5.92 Å². The topological polar surface area (TPSA) is 102 Å². The number of hydrogen-bond acceptors (Lipinski definition) is 7. The van der Waals surface area contributed by atoms with E-state index in [-0.39, 0.29) is 13.2 Å². The first kappa shape index (κ1) is 19.0. The lowest BCUT2D eigenvalue weighted by Crippen LogP contribution is -2.34. The Kier molecular flexibility index (Phi) is 6.18. The van der Waals surface area contributed by atoms with Crippen molar-refractivity contribution in [3.8, 4) is 0 Å². The lowest BCUT2D eigenvalue weighted by molar-refractivity contribution is -0.133. The van der Waals surface area contributed by atoms with Gasteiger partial charge in [-0.3, -0.25) is 0 Å². The number of carbonyl (C=O) groups is 2. The molecule has 27 heavy (non-hydrogen) atoms. The molecule has 7 heteroatoms. The maximum absolute atomic E-state index is 12.1. The molecule has 1 saturated heterocycles. The van der Waals surface area contributed by atoms with E-state index in [1.165, 1.54) is 0 Å². The van der Waals surface area contributed by atoms with Crippen LogP contribution < -0.4 is 0 Å². The predicted molar refractivity (Wildman–Crippen MR) is 93.8 cm³/mol. The highest BCUT2D eigenvalue weighted by Gasteiger charge is 2.44. The van der Waals surface area contributed by atoms with Crippen LogP contribution in [0.15, 0.2) is 60.7 Å². The van der Waals surface area contributed by atoms with Crippen LogP contribution in [0.4, 0.5) is 0 Å². The Morgan fingerprint density at radius 3 is 1.81 bits per heavy atom. The first-order valence-electron chi connectivity index (χ1n) is 8.52. The van der Waals surface area contributed by atoms with E-state index < -0.39 is 36.4 Å². The lowest BCUT2D eigenvalue weighted by atomic mass is 10.00. The minimum absolute atomic E-state index is 0.181. The van der Waals surface area contributed by atoms with Crippen molar-refractivity contribution in [1.82, 2.24) is 0 Å². The number of ether oxygens (including phenoxy) is 3. The van der Waals surface area contributed by atoms with Crippen molar-refractivity contribution in [2.45, 2.75) is 18.5 Å². The molecule has 1 aliphatic rings. The highest BCUT2D eigenvalue weighted by molar-refractivity contribution is 5.89. The van der Waals surface area contributed by atoms with Gasteiger partial charge in [0.05, 0.1) is 23.7 Å². The van der Waals surface area contributed by atoms with E-state index in [2.05, 4.69) is 0 Å². The van der Waals surface area contributed by atoms with Crippen LogP contribution in [0.25, 0.3) is 0 Å². The van der Waals surface area contributed by atoms with Crippen LogP contribution in [0, 0.1) is 5.92 Å². The molecule has 2 aromatic rings. The lowest BCUT2D eigenvalue weighted by Gasteiger charge is -2.19. The standard InChI is InChI=1S/C20H20O7/c21-17-15(11-25-18(22)13-7-3-1-4-8-13)16(27-20(17)24)12-26-19(23)14-9-5-2-6-10-14/h1-10,15-17,20-21,24H,11-12H2/t15-,16-,17-,20?/m1/s1. The molecule has 0 aliphatic carbocycles. The summed E-state index contributed by atoms with van der Waals surface area (Å²) >= 11 is 0. The quantitative estimate of drug-likeness (QED) is 0.739. The average Bonchev–Trinajstić information content (AvgIpc) is 2.98. The van der Waals surface area contributed by atoms with Gasteiger partial charge in [-0.2, -0.15) is 0 Å². The summed E-state index contributed by atoms with van der Waals surface area (Å²) in [5.74, 6) is -1.82.